The van der Waals surface area contributed by atoms with Crippen molar-refractivity contribution in [1.82, 2.24) is 9.80 Å². The summed E-state index contributed by atoms with van der Waals surface area (Å²) in [6.07, 6.45) is 2.57. The van der Waals surface area contributed by atoms with Crippen LogP contribution in [0.5, 0.6) is 0 Å². The van der Waals surface area contributed by atoms with Gasteiger partial charge in [-0.25, -0.2) is 10.5 Å². The van der Waals surface area contributed by atoms with Gasteiger partial charge in [0.25, 0.3) is 0 Å². The lowest BCUT2D eigenvalue weighted by molar-refractivity contribution is -0.236. The zero-order valence-corrected chi connectivity index (χ0v) is 14.5. The highest BCUT2D eigenvalue weighted by Crippen LogP contribution is 2.31. The zero-order valence-electron chi connectivity index (χ0n) is 14.5. The molecule has 0 aromatic rings. The van der Waals surface area contributed by atoms with Crippen LogP contribution in [0.25, 0.3) is 0 Å². The highest BCUT2D eigenvalue weighted by molar-refractivity contribution is 5.67. The lowest BCUT2D eigenvalue weighted by Gasteiger charge is -2.45. The van der Waals surface area contributed by atoms with E-state index in [1.807, 2.05) is 0 Å². The maximum atomic E-state index is 10.9. The first kappa shape index (κ1) is 21.6. The fraction of sp³-hybridized carbons (Fsp3) is 0.625. The predicted molar refractivity (Wildman–Crippen MR) is 89.7 cm³/mol. The van der Waals surface area contributed by atoms with Gasteiger partial charge in [-0.1, -0.05) is 12.8 Å². The number of aliphatic carboxylic acids is 2. The molecule has 0 aliphatic heterocycles. The summed E-state index contributed by atoms with van der Waals surface area (Å²) in [7, 11) is 0. The van der Waals surface area contributed by atoms with E-state index in [0.29, 0.717) is 12.8 Å². The Hall–Kier alpha value is -2.46. The Labute approximate surface area is 151 Å². The van der Waals surface area contributed by atoms with Gasteiger partial charge in [0, 0.05) is 13.1 Å². The molecule has 2 atom stereocenters. The average Bonchev–Trinajstić information content (AvgIpc) is 2.61. The number of carbonyl (C=O) groups is 2. The third-order valence-corrected chi connectivity index (χ3v) is 4.48. The van der Waals surface area contributed by atoms with Crippen molar-refractivity contribution in [3.8, 4) is 0 Å². The second kappa shape index (κ2) is 10.5. The van der Waals surface area contributed by atoms with E-state index in [9.17, 15) is 9.59 Å². The molecule has 26 heavy (non-hydrogen) atoms. The van der Waals surface area contributed by atoms with E-state index in [-0.39, 0.29) is 49.8 Å². The van der Waals surface area contributed by atoms with Crippen molar-refractivity contribution in [2.24, 2.45) is 0 Å². The molecule has 0 spiro atoms. The van der Waals surface area contributed by atoms with E-state index in [1.54, 1.807) is 0 Å². The van der Waals surface area contributed by atoms with Gasteiger partial charge in [0.1, 0.15) is 0 Å². The molecule has 10 nitrogen and oxygen atoms in total. The van der Waals surface area contributed by atoms with Crippen molar-refractivity contribution in [2.45, 2.75) is 50.6 Å². The molecule has 0 bridgehead atoms. The first-order chi connectivity index (χ1) is 12.3. The van der Waals surface area contributed by atoms with E-state index < -0.39 is 11.9 Å². The van der Waals surface area contributed by atoms with Crippen LogP contribution >= 0.6 is 0 Å². The monoisotopic (exact) mass is 374 g/mol. The summed E-state index contributed by atoms with van der Waals surface area (Å²) in [6, 6.07) is -0.660. The highest BCUT2D eigenvalue weighted by Gasteiger charge is 2.37. The maximum Gasteiger partial charge on any atom is 0.305 e. The number of nitrogens with zero attached hydrogens (tertiary/aromatic N) is 2. The molecule has 0 aromatic heterocycles. The zero-order chi connectivity index (χ0) is 19.7. The lowest BCUT2D eigenvalue weighted by Crippen LogP contribution is -2.53. The van der Waals surface area contributed by atoms with Crippen LogP contribution in [0.2, 0.25) is 0 Å². The summed E-state index contributed by atoms with van der Waals surface area (Å²) in [4.78, 5) is 33.4. The molecule has 2 unspecified atom stereocenters. The summed E-state index contributed by atoms with van der Waals surface area (Å²) >= 11 is 0. The molecule has 10 heteroatoms. The van der Waals surface area contributed by atoms with Crippen LogP contribution in [-0.2, 0) is 19.4 Å². The SMILES string of the molecule is C=C(OO)N(CCC(=O)O)C1CCCCC1N(CCC(=O)O)C(=C)OO. The molecule has 0 amide bonds. The Morgan fingerprint density at radius 1 is 0.846 bits per heavy atom. The Balaban J connectivity index is 3.07. The minimum atomic E-state index is -1.01. The number of carboxylic acid groups (broad SMARTS) is 2. The summed E-state index contributed by atoms with van der Waals surface area (Å²) in [5.41, 5.74) is 0. The summed E-state index contributed by atoms with van der Waals surface area (Å²) in [6.45, 7) is 7.31. The van der Waals surface area contributed by atoms with E-state index in [2.05, 4.69) is 22.9 Å². The summed E-state index contributed by atoms with van der Waals surface area (Å²) < 4.78 is 0. The fourth-order valence-corrected chi connectivity index (χ4v) is 3.31. The van der Waals surface area contributed by atoms with Gasteiger partial charge in [-0.05, 0) is 26.0 Å². The Kier molecular flexibility index (Phi) is 8.73. The summed E-state index contributed by atoms with van der Waals surface area (Å²) in [5, 5.41) is 35.9. The van der Waals surface area contributed by atoms with Crippen molar-refractivity contribution >= 4 is 11.9 Å². The largest absolute Gasteiger partial charge is 0.481 e. The van der Waals surface area contributed by atoms with E-state index in [4.69, 9.17) is 20.7 Å². The maximum absolute atomic E-state index is 10.9. The van der Waals surface area contributed by atoms with Gasteiger partial charge in [0.2, 0.25) is 11.8 Å². The topological polar surface area (TPSA) is 140 Å². The molecule has 148 valence electrons. The highest BCUT2D eigenvalue weighted by atomic mass is 17.1. The third kappa shape index (κ3) is 6.12. The van der Waals surface area contributed by atoms with Gasteiger partial charge in [0.05, 0.1) is 24.9 Å². The minimum Gasteiger partial charge on any atom is -0.481 e. The number of rotatable bonds is 12. The Bertz CT molecular complexity index is 478. The van der Waals surface area contributed by atoms with Crippen molar-refractivity contribution in [3.05, 3.63) is 24.9 Å². The Morgan fingerprint density at radius 2 is 1.19 bits per heavy atom. The molecule has 1 aliphatic carbocycles. The molecule has 0 aromatic carbocycles. The van der Waals surface area contributed by atoms with Gasteiger partial charge < -0.3 is 29.8 Å². The van der Waals surface area contributed by atoms with Gasteiger partial charge in [-0.15, -0.1) is 0 Å². The first-order valence-corrected chi connectivity index (χ1v) is 8.29. The molecule has 4 N–H and O–H groups in total. The van der Waals surface area contributed by atoms with Crippen LogP contribution in [0.15, 0.2) is 24.9 Å². The standard InChI is InChI=1S/C16H26N2O8/c1-11(25-23)17(9-7-15(19)20)13-5-3-4-6-14(13)18(12(2)26-24)10-8-16(21)22/h13-14,23-24H,1-10H2,(H,19,20)(H,21,22). The van der Waals surface area contributed by atoms with Gasteiger partial charge >= 0.3 is 11.9 Å². The van der Waals surface area contributed by atoms with E-state index in [1.165, 1.54) is 9.80 Å². The average molecular weight is 374 g/mol. The Morgan fingerprint density at radius 3 is 1.46 bits per heavy atom. The molecule has 0 radical (unpaired) electrons. The molecule has 1 fully saturated rings. The quantitative estimate of drug-likeness (QED) is 0.227. The molecular weight excluding hydrogens is 348 g/mol. The van der Waals surface area contributed by atoms with Crippen molar-refractivity contribution in [3.63, 3.8) is 0 Å². The normalized spacial score (nSPS) is 19.3. The molecule has 1 aliphatic rings. The van der Waals surface area contributed by atoms with Crippen LogP contribution in [0.3, 0.4) is 0 Å². The minimum absolute atomic E-state index is 0.0507. The second-order valence-corrected chi connectivity index (χ2v) is 6.06. The fourth-order valence-electron chi connectivity index (χ4n) is 3.31. The van der Waals surface area contributed by atoms with Crippen LogP contribution in [0.4, 0.5) is 0 Å². The first-order valence-electron chi connectivity index (χ1n) is 8.29. The van der Waals surface area contributed by atoms with Gasteiger partial charge in [-0.2, -0.15) is 0 Å². The second-order valence-electron chi connectivity index (χ2n) is 6.06. The van der Waals surface area contributed by atoms with Crippen molar-refractivity contribution in [1.29, 1.82) is 0 Å². The lowest BCUT2D eigenvalue weighted by atomic mass is 9.87. The van der Waals surface area contributed by atoms with Crippen LogP contribution < -0.4 is 0 Å². The molecular formula is C16H26N2O8. The van der Waals surface area contributed by atoms with E-state index in [0.717, 1.165) is 12.8 Å². The van der Waals surface area contributed by atoms with Crippen molar-refractivity contribution in [2.75, 3.05) is 13.1 Å². The van der Waals surface area contributed by atoms with Crippen molar-refractivity contribution < 1.29 is 40.1 Å². The van der Waals surface area contributed by atoms with Crippen LogP contribution in [0.1, 0.15) is 38.5 Å². The number of hydrogen-bond acceptors (Lipinski definition) is 8. The molecule has 0 heterocycles. The number of hydrogen-bond donors (Lipinski definition) is 4. The van der Waals surface area contributed by atoms with E-state index >= 15 is 0 Å². The van der Waals surface area contributed by atoms with Crippen LogP contribution in [0, 0.1) is 0 Å². The van der Waals surface area contributed by atoms with Gasteiger partial charge in [0.15, 0.2) is 0 Å². The number of carboxylic acids is 2. The molecule has 1 rings (SSSR count). The predicted octanol–water partition coefficient (Wildman–Crippen LogP) is 1.77. The molecule has 0 saturated heterocycles. The molecule has 1 saturated carbocycles. The van der Waals surface area contributed by atoms with Crippen LogP contribution in [-0.4, -0.2) is 67.6 Å². The van der Waals surface area contributed by atoms with Gasteiger partial charge in [-0.3, -0.25) is 9.59 Å². The smallest absolute Gasteiger partial charge is 0.305 e. The summed E-state index contributed by atoms with van der Waals surface area (Å²) in [5.74, 6) is -2.23. The third-order valence-electron chi connectivity index (χ3n) is 4.48.